The van der Waals surface area contributed by atoms with Gasteiger partial charge >= 0.3 is 0 Å². The zero-order valence-electron chi connectivity index (χ0n) is 13.5. The normalized spacial score (nSPS) is 16.0. The molecular weight excluding hydrogens is 404 g/mol. The van der Waals surface area contributed by atoms with Crippen molar-refractivity contribution in [3.63, 3.8) is 0 Å². The molecule has 0 bridgehead atoms. The van der Waals surface area contributed by atoms with Crippen LogP contribution in [-0.2, 0) is 5.54 Å². The van der Waals surface area contributed by atoms with Crippen LogP contribution in [0.1, 0.15) is 36.8 Å². The van der Waals surface area contributed by atoms with Crippen molar-refractivity contribution in [2.75, 3.05) is 5.32 Å². The maximum atomic E-state index is 6.16. The Hall–Kier alpha value is -1.10. The Bertz CT molecular complexity index is 757. The Morgan fingerprint density at radius 1 is 1.17 bits per heavy atom. The van der Waals surface area contributed by atoms with E-state index in [1.807, 2.05) is 18.2 Å². The highest BCUT2D eigenvalue weighted by Crippen LogP contribution is 2.40. The Balaban J connectivity index is 1.80. The van der Waals surface area contributed by atoms with E-state index in [1.54, 1.807) is 0 Å². The van der Waals surface area contributed by atoms with E-state index in [2.05, 4.69) is 57.8 Å². The summed E-state index contributed by atoms with van der Waals surface area (Å²) in [5, 5.41) is 8.17. The fourth-order valence-electron chi connectivity index (χ4n) is 3.50. The maximum Gasteiger partial charge on any atom is 0.171 e. The Morgan fingerprint density at radius 3 is 2.54 bits per heavy atom. The molecule has 5 heteroatoms. The first-order valence-corrected chi connectivity index (χ1v) is 9.68. The molecule has 126 valence electrons. The van der Waals surface area contributed by atoms with Crippen molar-refractivity contribution in [1.29, 1.82) is 0 Å². The molecule has 2 nitrogen and oxygen atoms in total. The van der Waals surface area contributed by atoms with Gasteiger partial charge in [0.15, 0.2) is 5.11 Å². The topological polar surface area (TPSA) is 24.1 Å². The SMILES string of the molecule is Cc1ccccc1C1(NC(=S)Nc2ccc(Br)c(Cl)c2)CCCC1. The third-order valence-corrected chi connectivity index (χ3v) is 6.08. The number of hydrogen-bond donors (Lipinski definition) is 2. The van der Waals surface area contributed by atoms with Gasteiger partial charge in [-0.1, -0.05) is 48.7 Å². The van der Waals surface area contributed by atoms with Crippen molar-refractivity contribution in [3.05, 3.63) is 63.1 Å². The van der Waals surface area contributed by atoms with Crippen molar-refractivity contribution in [1.82, 2.24) is 5.32 Å². The third kappa shape index (κ3) is 3.76. The van der Waals surface area contributed by atoms with Gasteiger partial charge in [-0.05, 0) is 77.2 Å². The molecule has 2 aromatic carbocycles. The maximum absolute atomic E-state index is 6.16. The monoisotopic (exact) mass is 422 g/mol. The summed E-state index contributed by atoms with van der Waals surface area (Å²) in [5.74, 6) is 0. The second-order valence-electron chi connectivity index (χ2n) is 6.31. The third-order valence-electron chi connectivity index (χ3n) is 4.65. The van der Waals surface area contributed by atoms with Gasteiger partial charge in [-0.3, -0.25) is 0 Å². The molecule has 2 N–H and O–H groups in total. The van der Waals surface area contributed by atoms with Crippen molar-refractivity contribution in [2.24, 2.45) is 0 Å². The van der Waals surface area contributed by atoms with Crippen LogP contribution in [0.2, 0.25) is 5.02 Å². The van der Waals surface area contributed by atoms with E-state index in [9.17, 15) is 0 Å². The number of halogens is 2. The molecule has 0 atom stereocenters. The number of aryl methyl sites for hydroxylation is 1. The van der Waals surface area contributed by atoms with Gasteiger partial charge in [-0.2, -0.15) is 0 Å². The summed E-state index contributed by atoms with van der Waals surface area (Å²) in [4.78, 5) is 0. The van der Waals surface area contributed by atoms with Gasteiger partial charge in [-0.25, -0.2) is 0 Å². The molecule has 1 aliphatic carbocycles. The Morgan fingerprint density at radius 2 is 1.88 bits per heavy atom. The summed E-state index contributed by atoms with van der Waals surface area (Å²) < 4.78 is 0.876. The van der Waals surface area contributed by atoms with Crippen LogP contribution in [0.5, 0.6) is 0 Å². The fourth-order valence-corrected chi connectivity index (χ4v) is 4.24. The largest absolute Gasteiger partial charge is 0.353 e. The molecule has 0 radical (unpaired) electrons. The second kappa shape index (κ2) is 7.42. The van der Waals surface area contributed by atoms with E-state index in [-0.39, 0.29) is 5.54 Å². The number of anilines is 1. The number of rotatable bonds is 3. The standard InChI is InChI=1S/C19H20BrClN2S/c1-13-6-2-3-7-15(13)19(10-4-5-11-19)23-18(24)22-14-8-9-16(20)17(21)12-14/h2-3,6-9,12H,4-5,10-11H2,1H3,(H2,22,23,24). The molecule has 0 heterocycles. The molecule has 0 unspecified atom stereocenters. The van der Waals surface area contributed by atoms with Gasteiger partial charge < -0.3 is 10.6 Å². The quantitative estimate of drug-likeness (QED) is 0.577. The molecular formula is C19H20BrClN2S. The highest BCUT2D eigenvalue weighted by atomic mass is 79.9. The van der Waals surface area contributed by atoms with Gasteiger partial charge in [0.1, 0.15) is 0 Å². The molecule has 1 saturated carbocycles. The lowest BCUT2D eigenvalue weighted by atomic mass is 9.85. The van der Waals surface area contributed by atoms with Crippen LogP contribution in [0.25, 0.3) is 0 Å². The van der Waals surface area contributed by atoms with E-state index in [0.717, 1.165) is 23.0 Å². The van der Waals surface area contributed by atoms with Crippen molar-refractivity contribution in [2.45, 2.75) is 38.1 Å². The van der Waals surface area contributed by atoms with Gasteiger partial charge in [0.05, 0.1) is 10.6 Å². The van der Waals surface area contributed by atoms with E-state index in [1.165, 1.54) is 24.0 Å². The van der Waals surface area contributed by atoms with Crippen molar-refractivity contribution >= 4 is 50.5 Å². The van der Waals surface area contributed by atoms with Crippen LogP contribution in [0, 0.1) is 6.92 Å². The molecule has 0 saturated heterocycles. The van der Waals surface area contributed by atoms with Gasteiger partial charge in [0.25, 0.3) is 0 Å². The molecule has 0 aliphatic heterocycles. The van der Waals surface area contributed by atoms with Gasteiger partial charge in [0.2, 0.25) is 0 Å². The predicted molar refractivity (Wildman–Crippen MR) is 110 cm³/mol. The highest BCUT2D eigenvalue weighted by Gasteiger charge is 2.37. The smallest absolute Gasteiger partial charge is 0.171 e. The van der Waals surface area contributed by atoms with Crippen molar-refractivity contribution < 1.29 is 0 Å². The lowest BCUT2D eigenvalue weighted by molar-refractivity contribution is 0.406. The minimum Gasteiger partial charge on any atom is -0.353 e. The molecule has 1 fully saturated rings. The fraction of sp³-hybridized carbons (Fsp3) is 0.316. The summed E-state index contributed by atoms with van der Waals surface area (Å²) in [5.41, 5.74) is 3.47. The van der Waals surface area contributed by atoms with Crippen LogP contribution in [0.4, 0.5) is 5.69 Å². The average molecular weight is 424 g/mol. The van der Waals surface area contributed by atoms with Crippen LogP contribution in [-0.4, -0.2) is 5.11 Å². The van der Waals surface area contributed by atoms with Crippen LogP contribution in [0.15, 0.2) is 46.9 Å². The van der Waals surface area contributed by atoms with Crippen LogP contribution < -0.4 is 10.6 Å². The lowest BCUT2D eigenvalue weighted by Gasteiger charge is -2.33. The summed E-state index contributed by atoms with van der Waals surface area (Å²) in [7, 11) is 0. The van der Waals surface area contributed by atoms with Crippen LogP contribution >= 0.6 is 39.7 Å². The molecule has 0 amide bonds. The summed E-state index contributed by atoms with van der Waals surface area (Å²) in [6, 6.07) is 14.3. The zero-order chi connectivity index (χ0) is 17.2. The van der Waals surface area contributed by atoms with Crippen LogP contribution in [0.3, 0.4) is 0 Å². The second-order valence-corrected chi connectivity index (χ2v) is 7.98. The first-order chi connectivity index (χ1) is 11.5. The minimum absolute atomic E-state index is 0.0748. The molecule has 0 spiro atoms. The summed E-state index contributed by atoms with van der Waals surface area (Å²) >= 11 is 15.2. The number of nitrogens with one attached hydrogen (secondary N) is 2. The van der Waals surface area contributed by atoms with Crippen molar-refractivity contribution in [3.8, 4) is 0 Å². The average Bonchev–Trinajstić information content (AvgIpc) is 3.00. The van der Waals surface area contributed by atoms with E-state index < -0.39 is 0 Å². The zero-order valence-corrected chi connectivity index (χ0v) is 16.7. The van der Waals surface area contributed by atoms with E-state index in [4.69, 9.17) is 23.8 Å². The number of hydrogen-bond acceptors (Lipinski definition) is 1. The number of thiocarbonyl (C=S) groups is 1. The summed E-state index contributed by atoms with van der Waals surface area (Å²) in [6.07, 6.45) is 4.63. The molecule has 1 aliphatic rings. The summed E-state index contributed by atoms with van der Waals surface area (Å²) in [6.45, 7) is 2.17. The minimum atomic E-state index is -0.0748. The molecule has 24 heavy (non-hydrogen) atoms. The molecule has 2 aromatic rings. The molecule has 0 aromatic heterocycles. The Kier molecular flexibility index (Phi) is 5.48. The van der Waals surface area contributed by atoms with E-state index in [0.29, 0.717) is 10.1 Å². The molecule has 3 rings (SSSR count). The highest BCUT2D eigenvalue weighted by molar-refractivity contribution is 9.10. The van der Waals surface area contributed by atoms with Gasteiger partial charge in [0, 0.05) is 10.2 Å². The van der Waals surface area contributed by atoms with E-state index >= 15 is 0 Å². The first kappa shape index (κ1) is 17.7. The first-order valence-electron chi connectivity index (χ1n) is 8.10. The number of benzene rings is 2. The Labute approximate surface area is 162 Å². The van der Waals surface area contributed by atoms with Gasteiger partial charge in [-0.15, -0.1) is 0 Å². The predicted octanol–water partition coefficient (Wildman–Crippen LogP) is 6.17. The lowest BCUT2D eigenvalue weighted by Crippen LogP contribution is -2.46.